The first kappa shape index (κ1) is 13.8. The molecule has 2 bridgehead atoms. The summed E-state index contributed by atoms with van der Waals surface area (Å²) in [4.78, 5) is 0. The molecule has 3 rings (SSSR count). The first-order chi connectivity index (χ1) is 8.97. The SMILES string of the molecule is CCC1(C)CC(O)(C2(CN)CC3CCC2O3)CCO1. The van der Waals surface area contributed by atoms with Crippen molar-refractivity contribution >= 4 is 0 Å². The van der Waals surface area contributed by atoms with Gasteiger partial charge >= 0.3 is 0 Å². The molecule has 0 saturated carbocycles. The number of hydrogen-bond acceptors (Lipinski definition) is 4. The number of hydrogen-bond donors (Lipinski definition) is 2. The number of nitrogens with two attached hydrogens (primary N) is 1. The van der Waals surface area contributed by atoms with Crippen molar-refractivity contribution < 1.29 is 14.6 Å². The van der Waals surface area contributed by atoms with Crippen molar-refractivity contribution in [2.45, 2.75) is 75.8 Å². The summed E-state index contributed by atoms with van der Waals surface area (Å²) in [5, 5.41) is 11.4. The van der Waals surface area contributed by atoms with Gasteiger partial charge < -0.3 is 20.3 Å². The molecular weight excluding hydrogens is 242 g/mol. The predicted molar refractivity (Wildman–Crippen MR) is 72.8 cm³/mol. The highest BCUT2D eigenvalue weighted by Gasteiger charge is 2.63. The normalized spacial score (nSPS) is 53.7. The molecule has 3 fully saturated rings. The van der Waals surface area contributed by atoms with E-state index in [9.17, 15) is 5.11 Å². The Balaban J connectivity index is 1.90. The first-order valence-electron chi connectivity index (χ1n) is 7.69. The van der Waals surface area contributed by atoms with E-state index in [0.29, 0.717) is 32.1 Å². The van der Waals surface area contributed by atoms with Gasteiger partial charge in [-0.05, 0) is 32.6 Å². The molecule has 3 aliphatic rings. The lowest BCUT2D eigenvalue weighted by Gasteiger charge is -2.54. The molecule has 0 amide bonds. The minimum atomic E-state index is -0.732. The van der Waals surface area contributed by atoms with Gasteiger partial charge in [-0.15, -0.1) is 0 Å². The Labute approximate surface area is 115 Å². The van der Waals surface area contributed by atoms with E-state index in [1.165, 1.54) is 0 Å². The molecule has 0 radical (unpaired) electrons. The summed E-state index contributed by atoms with van der Waals surface area (Å²) in [5.41, 5.74) is 4.91. The van der Waals surface area contributed by atoms with Gasteiger partial charge in [-0.2, -0.15) is 0 Å². The van der Waals surface area contributed by atoms with E-state index < -0.39 is 5.60 Å². The van der Waals surface area contributed by atoms with Crippen LogP contribution in [0.5, 0.6) is 0 Å². The lowest BCUT2D eigenvalue weighted by Crippen LogP contribution is -2.63. The second-order valence-corrected chi connectivity index (χ2v) is 7.00. The second kappa shape index (κ2) is 4.42. The summed E-state index contributed by atoms with van der Waals surface area (Å²) in [6.07, 6.45) is 5.85. The minimum Gasteiger partial charge on any atom is -0.389 e. The van der Waals surface area contributed by atoms with Crippen LogP contribution in [0.3, 0.4) is 0 Å². The lowest BCUT2D eigenvalue weighted by molar-refractivity contribution is -0.210. The Hall–Kier alpha value is -0.160. The van der Waals surface area contributed by atoms with Crippen molar-refractivity contribution in [3.63, 3.8) is 0 Å². The van der Waals surface area contributed by atoms with Gasteiger partial charge in [0.05, 0.1) is 30.0 Å². The van der Waals surface area contributed by atoms with Crippen LogP contribution in [0.25, 0.3) is 0 Å². The Kier molecular flexibility index (Phi) is 3.21. The Morgan fingerprint density at radius 3 is 2.68 bits per heavy atom. The summed E-state index contributed by atoms with van der Waals surface area (Å²) in [6, 6.07) is 0. The van der Waals surface area contributed by atoms with Gasteiger partial charge in [0.1, 0.15) is 0 Å². The summed E-state index contributed by atoms with van der Waals surface area (Å²) < 4.78 is 11.9. The monoisotopic (exact) mass is 269 g/mol. The second-order valence-electron chi connectivity index (χ2n) is 7.00. The number of aliphatic hydroxyl groups is 1. The fourth-order valence-electron chi connectivity index (χ4n) is 4.57. The van der Waals surface area contributed by atoms with Crippen molar-refractivity contribution in [2.75, 3.05) is 13.2 Å². The van der Waals surface area contributed by atoms with E-state index >= 15 is 0 Å². The fraction of sp³-hybridized carbons (Fsp3) is 1.00. The van der Waals surface area contributed by atoms with Gasteiger partial charge in [0.2, 0.25) is 0 Å². The third-order valence-corrected chi connectivity index (χ3v) is 5.99. The Bertz CT molecular complexity index is 363. The Morgan fingerprint density at radius 2 is 2.16 bits per heavy atom. The third-order valence-electron chi connectivity index (χ3n) is 5.99. The molecule has 3 heterocycles. The van der Waals surface area contributed by atoms with Gasteiger partial charge in [0, 0.05) is 24.8 Å². The van der Waals surface area contributed by atoms with E-state index in [4.69, 9.17) is 15.2 Å². The molecule has 0 aromatic rings. The molecule has 4 nitrogen and oxygen atoms in total. The maximum Gasteiger partial charge on any atom is 0.0790 e. The molecule has 3 N–H and O–H groups in total. The van der Waals surface area contributed by atoms with Crippen LogP contribution in [0, 0.1) is 5.41 Å². The van der Waals surface area contributed by atoms with Gasteiger partial charge in [-0.1, -0.05) is 6.92 Å². The van der Waals surface area contributed by atoms with E-state index in [0.717, 1.165) is 25.7 Å². The zero-order valence-corrected chi connectivity index (χ0v) is 12.2. The van der Waals surface area contributed by atoms with Crippen LogP contribution in [-0.2, 0) is 9.47 Å². The molecule has 0 spiro atoms. The molecule has 0 aliphatic carbocycles. The number of fused-ring (bicyclic) bond motifs is 2. The van der Waals surface area contributed by atoms with Crippen LogP contribution in [0.4, 0.5) is 0 Å². The molecule has 110 valence electrons. The molecule has 3 saturated heterocycles. The summed E-state index contributed by atoms with van der Waals surface area (Å²) in [7, 11) is 0. The lowest BCUT2D eigenvalue weighted by atomic mass is 9.58. The molecule has 5 unspecified atom stereocenters. The third kappa shape index (κ3) is 1.88. The van der Waals surface area contributed by atoms with Gasteiger partial charge in [-0.3, -0.25) is 0 Å². The Morgan fingerprint density at radius 1 is 1.37 bits per heavy atom. The van der Waals surface area contributed by atoms with Gasteiger partial charge in [-0.25, -0.2) is 0 Å². The standard InChI is InChI=1S/C15H27NO3/c1-3-13(2)9-15(17,6-7-18-13)14(10-16)8-11-4-5-12(14)19-11/h11-12,17H,3-10,16H2,1-2H3. The zero-order chi connectivity index (χ0) is 13.7. The van der Waals surface area contributed by atoms with Gasteiger partial charge in [0.25, 0.3) is 0 Å². The maximum absolute atomic E-state index is 11.4. The van der Waals surface area contributed by atoms with E-state index in [-0.39, 0.29) is 17.1 Å². The number of ether oxygens (including phenoxy) is 2. The van der Waals surface area contributed by atoms with Crippen LogP contribution < -0.4 is 5.73 Å². The van der Waals surface area contributed by atoms with Crippen molar-refractivity contribution in [1.82, 2.24) is 0 Å². The maximum atomic E-state index is 11.4. The predicted octanol–water partition coefficient (Wildman–Crippen LogP) is 1.59. The van der Waals surface area contributed by atoms with E-state index in [1.54, 1.807) is 0 Å². The average molecular weight is 269 g/mol. The first-order valence-corrected chi connectivity index (χ1v) is 7.69. The number of rotatable bonds is 3. The summed E-state index contributed by atoms with van der Waals surface area (Å²) in [5.74, 6) is 0. The molecule has 5 atom stereocenters. The molecule has 0 aromatic heterocycles. The van der Waals surface area contributed by atoms with Gasteiger partial charge in [0.15, 0.2) is 0 Å². The van der Waals surface area contributed by atoms with Crippen LogP contribution in [0.15, 0.2) is 0 Å². The van der Waals surface area contributed by atoms with E-state index in [2.05, 4.69) is 13.8 Å². The highest BCUT2D eigenvalue weighted by Crippen LogP contribution is 2.57. The van der Waals surface area contributed by atoms with Crippen LogP contribution in [-0.4, -0.2) is 41.7 Å². The van der Waals surface area contributed by atoms with Crippen LogP contribution in [0.1, 0.15) is 52.4 Å². The highest BCUT2D eigenvalue weighted by atomic mass is 16.5. The summed E-state index contributed by atoms with van der Waals surface area (Å²) in [6.45, 7) is 5.37. The molecule has 4 heteroatoms. The molecular formula is C15H27NO3. The quantitative estimate of drug-likeness (QED) is 0.816. The molecule has 0 aromatic carbocycles. The smallest absolute Gasteiger partial charge is 0.0790 e. The van der Waals surface area contributed by atoms with Crippen LogP contribution >= 0.6 is 0 Å². The minimum absolute atomic E-state index is 0.145. The van der Waals surface area contributed by atoms with Crippen molar-refractivity contribution in [3.8, 4) is 0 Å². The molecule has 19 heavy (non-hydrogen) atoms. The molecule has 3 aliphatic heterocycles. The van der Waals surface area contributed by atoms with Crippen molar-refractivity contribution in [2.24, 2.45) is 11.1 Å². The zero-order valence-electron chi connectivity index (χ0n) is 12.2. The van der Waals surface area contributed by atoms with E-state index in [1.807, 2.05) is 0 Å². The topological polar surface area (TPSA) is 64.7 Å². The highest BCUT2D eigenvalue weighted by molar-refractivity contribution is 5.14. The van der Waals surface area contributed by atoms with Crippen molar-refractivity contribution in [1.29, 1.82) is 0 Å². The fourth-order valence-corrected chi connectivity index (χ4v) is 4.57. The largest absolute Gasteiger partial charge is 0.389 e. The van der Waals surface area contributed by atoms with Crippen LogP contribution in [0.2, 0.25) is 0 Å². The summed E-state index contributed by atoms with van der Waals surface area (Å²) >= 11 is 0. The van der Waals surface area contributed by atoms with Crippen molar-refractivity contribution in [3.05, 3.63) is 0 Å². The average Bonchev–Trinajstić information content (AvgIpc) is 2.99.